The van der Waals surface area contributed by atoms with Crippen LogP contribution in [0.1, 0.15) is 73.6 Å². The Morgan fingerprint density at radius 1 is 1.21 bits per heavy atom. The van der Waals surface area contributed by atoms with Crippen LogP contribution in [0.5, 0.6) is 0 Å². The van der Waals surface area contributed by atoms with Crippen LogP contribution in [0.4, 0.5) is 0 Å². The highest BCUT2D eigenvalue weighted by atomic mass is 14.8. The van der Waals surface area contributed by atoms with E-state index in [0.29, 0.717) is 5.41 Å². The first-order valence-electron chi connectivity index (χ1n) is 8.88. The van der Waals surface area contributed by atoms with E-state index in [-0.39, 0.29) is 0 Å². The summed E-state index contributed by atoms with van der Waals surface area (Å²) in [7, 11) is 0. The van der Waals surface area contributed by atoms with Crippen molar-refractivity contribution in [1.82, 2.24) is 0 Å². The molecule has 0 aliphatic heterocycles. The van der Waals surface area contributed by atoms with Gasteiger partial charge in [0, 0.05) is 0 Å². The molecule has 110 valence electrons. The van der Waals surface area contributed by atoms with E-state index in [4.69, 9.17) is 0 Å². The van der Waals surface area contributed by atoms with Gasteiger partial charge in [-0.15, -0.1) is 0 Å². The molecule has 3 aliphatic rings. The molecule has 5 atom stereocenters. The van der Waals surface area contributed by atoms with Gasteiger partial charge in [0.25, 0.3) is 0 Å². The van der Waals surface area contributed by atoms with Crippen LogP contribution in [0.3, 0.4) is 0 Å². The molecule has 3 rings (SSSR count). The average molecular weight is 262 g/mol. The Bertz CT molecular complexity index is 349. The minimum Gasteiger partial charge on any atom is -0.0651 e. The Hall–Kier alpha value is 0. The third kappa shape index (κ3) is 1.70. The molecule has 0 N–H and O–H groups in total. The van der Waals surface area contributed by atoms with Gasteiger partial charge in [-0.05, 0) is 72.0 Å². The third-order valence-corrected chi connectivity index (χ3v) is 7.99. The van der Waals surface area contributed by atoms with Crippen molar-refractivity contribution in [3.05, 3.63) is 0 Å². The SMILES string of the molecule is CCC(C)C1(CC)CC2C(C(C)(C)C3CC(C)C3)C21. The van der Waals surface area contributed by atoms with Crippen molar-refractivity contribution in [3.63, 3.8) is 0 Å². The summed E-state index contributed by atoms with van der Waals surface area (Å²) in [5.41, 5.74) is 1.36. The summed E-state index contributed by atoms with van der Waals surface area (Å²) in [5.74, 6) is 6.26. The van der Waals surface area contributed by atoms with Gasteiger partial charge in [0.1, 0.15) is 0 Å². The maximum absolute atomic E-state index is 2.60. The molecule has 0 heterocycles. The predicted octanol–water partition coefficient (Wildman–Crippen LogP) is 5.77. The molecule has 19 heavy (non-hydrogen) atoms. The molecular formula is C19H34. The molecular weight excluding hydrogens is 228 g/mol. The zero-order chi connectivity index (χ0) is 14.0. The van der Waals surface area contributed by atoms with Crippen LogP contribution in [-0.2, 0) is 0 Å². The monoisotopic (exact) mass is 262 g/mol. The molecule has 0 radical (unpaired) electrons. The molecule has 0 bridgehead atoms. The molecule has 0 aromatic carbocycles. The Morgan fingerprint density at radius 2 is 1.84 bits per heavy atom. The number of rotatable bonds is 5. The zero-order valence-electron chi connectivity index (χ0n) is 14.0. The van der Waals surface area contributed by atoms with Crippen molar-refractivity contribution in [3.8, 4) is 0 Å². The van der Waals surface area contributed by atoms with Crippen LogP contribution in [0.15, 0.2) is 0 Å². The Balaban J connectivity index is 1.70. The highest BCUT2D eigenvalue weighted by molar-refractivity contribution is 5.22. The summed E-state index contributed by atoms with van der Waals surface area (Å²) < 4.78 is 0. The summed E-state index contributed by atoms with van der Waals surface area (Å²) in [4.78, 5) is 0. The summed E-state index contributed by atoms with van der Waals surface area (Å²) in [5, 5.41) is 0. The third-order valence-electron chi connectivity index (χ3n) is 7.99. The van der Waals surface area contributed by atoms with E-state index in [2.05, 4.69) is 41.5 Å². The average Bonchev–Trinajstić information content (AvgIpc) is 2.94. The maximum atomic E-state index is 2.60. The van der Waals surface area contributed by atoms with Crippen molar-refractivity contribution >= 4 is 0 Å². The minimum atomic E-state index is 0.631. The van der Waals surface area contributed by atoms with Gasteiger partial charge in [0.05, 0.1) is 0 Å². The van der Waals surface area contributed by atoms with Crippen LogP contribution < -0.4 is 0 Å². The van der Waals surface area contributed by atoms with Crippen molar-refractivity contribution < 1.29 is 0 Å². The van der Waals surface area contributed by atoms with Gasteiger partial charge in [-0.25, -0.2) is 0 Å². The van der Waals surface area contributed by atoms with E-state index < -0.39 is 0 Å². The Labute approximate surface area is 120 Å². The van der Waals surface area contributed by atoms with Crippen molar-refractivity contribution in [2.75, 3.05) is 0 Å². The fourth-order valence-electron chi connectivity index (χ4n) is 6.29. The van der Waals surface area contributed by atoms with Gasteiger partial charge < -0.3 is 0 Å². The van der Waals surface area contributed by atoms with E-state index >= 15 is 0 Å². The van der Waals surface area contributed by atoms with Crippen LogP contribution in [0.2, 0.25) is 0 Å². The first-order chi connectivity index (χ1) is 8.88. The van der Waals surface area contributed by atoms with Gasteiger partial charge in [0.2, 0.25) is 0 Å². The molecule has 0 amide bonds. The summed E-state index contributed by atoms with van der Waals surface area (Å²) in [6, 6.07) is 0. The van der Waals surface area contributed by atoms with Gasteiger partial charge in [-0.1, -0.05) is 48.0 Å². The van der Waals surface area contributed by atoms with Crippen LogP contribution >= 0.6 is 0 Å². The zero-order valence-corrected chi connectivity index (χ0v) is 14.0. The van der Waals surface area contributed by atoms with Gasteiger partial charge in [-0.2, -0.15) is 0 Å². The van der Waals surface area contributed by atoms with Crippen LogP contribution in [0, 0.1) is 46.3 Å². The maximum Gasteiger partial charge on any atom is -0.0238 e. The largest absolute Gasteiger partial charge is 0.0651 e. The summed E-state index contributed by atoms with van der Waals surface area (Å²) in [6.07, 6.45) is 7.37. The standard InChI is InChI=1S/C19H34/c1-7-13(4)19(8-2)11-15-16(17(15)19)18(5,6)14-9-12(3)10-14/h12-17H,7-11H2,1-6H3. The van der Waals surface area contributed by atoms with Gasteiger partial charge in [0.15, 0.2) is 0 Å². The predicted molar refractivity (Wildman–Crippen MR) is 82.9 cm³/mol. The minimum absolute atomic E-state index is 0.631. The Morgan fingerprint density at radius 3 is 2.32 bits per heavy atom. The molecule has 0 saturated heterocycles. The van der Waals surface area contributed by atoms with Gasteiger partial charge >= 0.3 is 0 Å². The van der Waals surface area contributed by atoms with Crippen LogP contribution in [-0.4, -0.2) is 0 Å². The second kappa shape index (κ2) is 4.25. The second-order valence-corrected chi connectivity index (χ2v) is 8.91. The van der Waals surface area contributed by atoms with E-state index in [1.54, 1.807) is 6.42 Å². The van der Waals surface area contributed by atoms with Crippen molar-refractivity contribution in [1.29, 1.82) is 0 Å². The molecule has 5 unspecified atom stereocenters. The molecule has 3 fully saturated rings. The molecule has 3 saturated carbocycles. The lowest BCUT2D eigenvalue weighted by Gasteiger charge is -2.47. The van der Waals surface area contributed by atoms with Crippen LogP contribution in [0.25, 0.3) is 0 Å². The smallest absolute Gasteiger partial charge is 0.0238 e. The lowest BCUT2D eigenvalue weighted by atomic mass is 9.58. The normalized spacial score (nSPS) is 49.9. The highest BCUT2D eigenvalue weighted by Gasteiger charge is 2.74. The van der Waals surface area contributed by atoms with E-state index in [1.807, 2.05) is 0 Å². The lowest BCUT2D eigenvalue weighted by molar-refractivity contribution is 0.0211. The Kier molecular flexibility index (Phi) is 3.12. The highest BCUT2D eigenvalue weighted by Crippen LogP contribution is 2.80. The molecule has 0 aromatic heterocycles. The molecule has 3 aliphatic carbocycles. The van der Waals surface area contributed by atoms with E-state index in [9.17, 15) is 0 Å². The van der Waals surface area contributed by atoms with Crippen molar-refractivity contribution in [2.24, 2.45) is 46.3 Å². The summed E-state index contributed by atoms with van der Waals surface area (Å²) in [6.45, 7) is 15.0. The first-order valence-corrected chi connectivity index (χ1v) is 8.88. The number of fused-ring (bicyclic) bond motifs is 1. The number of hydrogen-bond acceptors (Lipinski definition) is 0. The topological polar surface area (TPSA) is 0 Å². The fraction of sp³-hybridized carbons (Fsp3) is 1.00. The molecule has 0 aromatic rings. The molecule has 0 spiro atoms. The van der Waals surface area contributed by atoms with E-state index in [0.717, 1.165) is 40.9 Å². The quantitative estimate of drug-likeness (QED) is 0.590. The first kappa shape index (κ1) is 14.0. The second-order valence-electron chi connectivity index (χ2n) is 8.91. The fourth-order valence-corrected chi connectivity index (χ4v) is 6.29. The number of hydrogen-bond donors (Lipinski definition) is 0. The lowest BCUT2D eigenvalue weighted by Crippen LogP contribution is -2.39. The van der Waals surface area contributed by atoms with Crippen molar-refractivity contribution in [2.45, 2.75) is 73.6 Å². The molecule has 0 heteroatoms. The van der Waals surface area contributed by atoms with Gasteiger partial charge in [-0.3, -0.25) is 0 Å². The molecule has 0 nitrogen and oxygen atoms in total. The summed E-state index contributed by atoms with van der Waals surface area (Å²) >= 11 is 0. The van der Waals surface area contributed by atoms with E-state index in [1.165, 1.54) is 25.7 Å².